The SMILES string of the molecule is O=C1Nc2ccc(Br)cc2C1=Nc1ccc(Cl)c(C(F)(F)F)c1. The van der Waals surface area contributed by atoms with Crippen LogP contribution in [0, 0.1) is 0 Å². The molecule has 0 aliphatic carbocycles. The first-order valence-corrected chi connectivity index (χ1v) is 7.49. The minimum absolute atomic E-state index is 0.000277. The van der Waals surface area contributed by atoms with E-state index in [1.165, 1.54) is 6.07 Å². The molecular weight excluding hydrogens is 397 g/mol. The summed E-state index contributed by atoms with van der Waals surface area (Å²) in [5.41, 5.74) is 0.139. The summed E-state index contributed by atoms with van der Waals surface area (Å²) < 4.78 is 39.4. The molecule has 1 heterocycles. The lowest BCUT2D eigenvalue weighted by atomic mass is 10.1. The molecule has 23 heavy (non-hydrogen) atoms. The maximum absolute atomic E-state index is 12.9. The lowest BCUT2D eigenvalue weighted by Crippen LogP contribution is -2.14. The second kappa shape index (κ2) is 5.65. The fourth-order valence-corrected chi connectivity index (χ4v) is 2.75. The van der Waals surface area contributed by atoms with Gasteiger partial charge in [0.1, 0.15) is 5.71 Å². The van der Waals surface area contributed by atoms with E-state index in [0.29, 0.717) is 11.3 Å². The molecule has 0 saturated carbocycles. The first kappa shape index (κ1) is 16.0. The van der Waals surface area contributed by atoms with E-state index in [1.807, 2.05) is 0 Å². The van der Waals surface area contributed by atoms with Gasteiger partial charge in [0.15, 0.2) is 0 Å². The summed E-state index contributed by atoms with van der Waals surface area (Å²) in [6.45, 7) is 0. The number of nitrogens with one attached hydrogen (secondary N) is 1. The van der Waals surface area contributed by atoms with E-state index in [9.17, 15) is 18.0 Å². The van der Waals surface area contributed by atoms with Gasteiger partial charge in [-0.15, -0.1) is 0 Å². The van der Waals surface area contributed by atoms with Crippen molar-refractivity contribution >= 4 is 50.5 Å². The molecule has 2 aromatic carbocycles. The third-order valence-electron chi connectivity index (χ3n) is 3.20. The smallest absolute Gasteiger partial charge is 0.320 e. The molecule has 118 valence electrons. The van der Waals surface area contributed by atoms with Gasteiger partial charge in [-0.2, -0.15) is 13.2 Å². The monoisotopic (exact) mass is 402 g/mol. The number of alkyl halides is 3. The Morgan fingerprint density at radius 3 is 2.57 bits per heavy atom. The molecule has 2 aromatic rings. The van der Waals surface area contributed by atoms with Crippen LogP contribution in [-0.2, 0) is 11.0 Å². The standard InChI is InChI=1S/C15H7BrClF3N2O/c16-7-1-4-12-9(5-7)13(14(23)22-12)21-8-2-3-11(17)10(6-8)15(18,19)20/h1-6H,(H,21,22,23). The second-order valence-corrected chi connectivity index (χ2v) is 6.09. The Morgan fingerprint density at radius 2 is 1.87 bits per heavy atom. The fraction of sp³-hybridized carbons (Fsp3) is 0.0667. The number of fused-ring (bicyclic) bond motifs is 1. The predicted molar refractivity (Wildman–Crippen MR) is 85.4 cm³/mol. The molecule has 1 N–H and O–H groups in total. The van der Waals surface area contributed by atoms with Crippen molar-refractivity contribution in [2.45, 2.75) is 6.18 Å². The normalized spacial score (nSPS) is 15.7. The quantitative estimate of drug-likeness (QED) is 0.699. The Labute approximate surface area is 142 Å². The van der Waals surface area contributed by atoms with Crippen molar-refractivity contribution in [1.29, 1.82) is 0 Å². The van der Waals surface area contributed by atoms with E-state index in [-0.39, 0.29) is 11.4 Å². The molecule has 3 nitrogen and oxygen atoms in total. The van der Waals surface area contributed by atoms with Crippen molar-refractivity contribution in [3.8, 4) is 0 Å². The van der Waals surface area contributed by atoms with Crippen LogP contribution >= 0.6 is 27.5 Å². The number of carbonyl (C=O) groups excluding carboxylic acids is 1. The predicted octanol–water partition coefficient (Wildman–Crippen LogP) is 5.19. The second-order valence-electron chi connectivity index (χ2n) is 4.77. The molecule has 1 aliphatic rings. The lowest BCUT2D eigenvalue weighted by molar-refractivity contribution is -0.137. The summed E-state index contributed by atoms with van der Waals surface area (Å²) in [6, 6.07) is 8.35. The van der Waals surface area contributed by atoms with Gasteiger partial charge in [0.2, 0.25) is 0 Å². The number of halogens is 5. The maximum atomic E-state index is 12.9. The number of aliphatic imine (C=N–C) groups is 1. The molecule has 1 amide bonds. The molecule has 0 atom stereocenters. The molecule has 0 saturated heterocycles. The summed E-state index contributed by atoms with van der Waals surface area (Å²) in [7, 11) is 0. The Balaban J connectivity index is 2.10. The number of carbonyl (C=O) groups is 1. The van der Waals surface area contributed by atoms with Crippen molar-refractivity contribution in [2.75, 3.05) is 5.32 Å². The van der Waals surface area contributed by atoms with Gasteiger partial charge in [0.05, 0.1) is 22.0 Å². The van der Waals surface area contributed by atoms with E-state index in [2.05, 4.69) is 26.2 Å². The Morgan fingerprint density at radius 1 is 1.13 bits per heavy atom. The van der Waals surface area contributed by atoms with E-state index in [1.54, 1.807) is 18.2 Å². The van der Waals surface area contributed by atoms with Crippen LogP contribution < -0.4 is 5.32 Å². The van der Waals surface area contributed by atoms with Crippen LogP contribution in [0.5, 0.6) is 0 Å². The van der Waals surface area contributed by atoms with Gasteiger partial charge in [-0.1, -0.05) is 27.5 Å². The van der Waals surface area contributed by atoms with Crippen molar-refractivity contribution in [3.63, 3.8) is 0 Å². The number of hydrogen-bond donors (Lipinski definition) is 1. The molecule has 0 spiro atoms. The molecule has 3 rings (SSSR count). The highest BCUT2D eigenvalue weighted by molar-refractivity contribution is 9.10. The van der Waals surface area contributed by atoms with Gasteiger partial charge < -0.3 is 5.32 Å². The highest BCUT2D eigenvalue weighted by Crippen LogP contribution is 2.37. The van der Waals surface area contributed by atoms with Crippen LogP contribution in [-0.4, -0.2) is 11.6 Å². The summed E-state index contributed by atoms with van der Waals surface area (Å²) in [6.07, 6.45) is -4.59. The van der Waals surface area contributed by atoms with Gasteiger partial charge in [-0.25, -0.2) is 4.99 Å². The van der Waals surface area contributed by atoms with Crippen LogP contribution in [0.15, 0.2) is 45.9 Å². The van der Waals surface area contributed by atoms with Gasteiger partial charge in [-0.05, 0) is 36.4 Å². The minimum Gasteiger partial charge on any atom is -0.320 e. The van der Waals surface area contributed by atoms with Crippen molar-refractivity contribution in [1.82, 2.24) is 0 Å². The molecule has 0 aromatic heterocycles. The summed E-state index contributed by atoms with van der Waals surface area (Å²) in [5.74, 6) is -0.471. The number of benzene rings is 2. The van der Waals surface area contributed by atoms with E-state index >= 15 is 0 Å². The van der Waals surface area contributed by atoms with Crippen LogP contribution in [0.25, 0.3) is 0 Å². The fourth-order valence-electron chi connectivity index (χ4n) is 2.17. The topological polar surface area (TPSA) is 41.5 Å². The zero-order chi connectivity index (χ0) is 16.8. The molecule has 1 aliphatic heterocycles. The van der Waals surface area contributed by atoms with Crippen molar-refractivity contribution in [2.24, 2.45) is 4.99 Å². The van der Waals surface area contributed by atoms with Gasteiger partial charge >= 0.3 is 6.18 Å². The van der Waals surface area contributed by atoms with Crippen molar-refractivity contribution in [3.05, 3.63) is 57.0 Å². The third kappa shape index (κ3) is 3.11. The third-order valence-corrected chi connectivity index (χ3v) is 4.02. The summed E-state index contributed by atoms with van der Waals surface area (Å²) in [4.78, 5) is 16.1. The van der Waals surface area contributed by atoms with Gasteiger partial charge in [0, 0.05) is 10.0 Å². The number of hydrogen-bond acceptors (Lipinski definition) is 2. The lowest BCUT2D eigenvalue weighted by Gasteiger charge is -2.09. The van der Waals surface area contributed by atoms with Gasteiger partial charge in [-0.3, -0.25) is 4.79 Å². The van der Waals surface area contributed by atoms with E-state index in [0.717, 1.165) is 16.6 Å². The Kier molecular flexibility index (Phi) is 3.93. The highest BCUT2D eigenvalue weighted by atomic mass is 79.9. The number of amides is 1. The van der Waals surface area contributed by atoms with Crippen molar-refractivity contribution < 1.29 is 18.0 Å². The largest absolute Gasteiger partial charge is 0.417 e. The molecule has 0 radical (unpaired) electrons. The zero-order valence-corrected chi connectivity index (χ0v) is 13.6. The molecule has 0 unspecified atom stereocenters. The maximum Gasteiger partial charge on any atom is 0.417 e. The molecule has 0 fully saturated rings. The van der Waals surface area contributed by atoms with E-state index < -0.39 is 22.7 Å². The minimum atomic E-state index is -4.59. The average molecular weight is 404 g/mol. The first-order chi connectivity index (χ1) is 10.8. The zero-order valence-electron chi connectivity index (χ0n) is 11.2. The highest BCUT2D eigenvalue weighted by Gasteiger charge is 2.33. The van der Waals surface area contributed by atoms with Crippen LogP contribution in [0.2, 0.25) is 5.02 Å². The first-order valence-electron chi connectivity index (χ1n) is 6.32. The number of nitrogens with zero attached hydrogens (tertiary/aromatic N) is 1. The van der Waals surface area contributed by atoms with Gasteiger partial charge in [0.25, 0.3) is 5.91 Å². The van der Waals surface area contributed by atoms with E-state index in [4.69, 9.17) is 11.6 Å². The molecule has 0 bridgehead atoms. The average Bonchev–Trinajstić information content (AvgIpc) is 2.76. The summed E-state index contributed by atoms with van der Waals surface area (Å²) >= 11 is 8.86. The number of rotatable bonds is 1. The van der Waals surface area contributed by atoms with Crippen LogP contribution in [0.1, 0.15) is 11.1 Å². The number of anilines is 1. The molecular formula is C15H7BrClF3N2O. The van der Waals surface area contributed by atoms with Crippen LogP contribution in [0.4, 0.5) is 24.5 Å². The Bertz CT molecular complexity index is 849. The summed E-state index contributed by atoms with van der Waals surface area (Å²) in [5, 5.41) is 2.20. The van der Waals surface area contributed by atoms with Crippen LogP contribution in [0.3, 0.4) is 0 Å². The Hall–Kier alpha value is -1.86. The molecule has 8 heteroatoms.